The standard InChI is InChI=1S/C11H21N3O/c1-8(11(12)15)14-6-5-9-3-4-10(7-14)13(9)2/h8-10H,3-7H2,1-2H3,(H2,12,15). The molecule has 2 saturated heterocycles. The van der Waals surface area contributed by atoms with E-state index in [-0.39, 0.29) is 11.9 Å². The Kier molecular flexibility index (Phi) is 2.98. The number of nitrogens with zero attached hydrogens (tertiary/aromatic N) is 2. The Morgan fingerprint density at radius 1 is 1.33 bits per heavy atom. The fourth-order valence-electron chi connectivity index (χ4n) is 2.87. The molecule has 4 nitrogen and oxygen atoms in total. The zero-order valence-corrected chi connectivity index (χ0v) is 9.65. The van der Waals surface area contributed by atoms with Crippen molar-refractivity contribution in [3.8, 4) is 0 Å². The smallest absolute Gasteiger partial charge is 0.234 e. The normalized spacial score (nSPS) is 35.1. The molecular formula is C11H21N3O. The minimum atomic E-state index is -0.199. The molecule has 4 heteroatoms. The van der Waals surface area contributed by atoms with Crippen LogP contribution in [0.1, 0.15) is 26.2 Å². The first-order valence-electron chi connectivity index (χ1n) is 5.85. The number of carbonyl (C=O) groups excluding carboxylic acids is 1. The first-order chi connectivity index (χ1) is 7.09. The summed E-state index contributed by atoms with van der Waals surface area (Å²) in [5, 5.41) is 0. The van der Waals surface area contributed by atoms with Crippen molar-refractivity contribution in [3.05, 3.63) is 0 Å². The van der Waals surface area contributed by atoms with Gasteiger partial charge in [0.15, 0.2) is 0 Å². The molecule has 2 aliphatic rings. The summed E-state index contributed by atoms with van der Waals surface area (Å²) in [6, 6.07) is 1.23. The van der Waals surface area contributed by atoms with Crippen LogP contribution in [-0.4, -0.2) is 54.0 Å². The van der Waals surface area contributed by atoms with Gasteiger partial charge in [0.1, 0.15) is 0 Å². The number of fused-ring (bicyclic) bond motifs is 2. The van der Waals surface area contributed by atoms with Crippen molar-refractivity contribution in [1.29, 1.82) is 0 Å². The zero-order valence-electron chi connectivity index (χ0n) is 9.65. The van der Waals surface area contributed by atoms with E-state index in [1.807, 2.05) is 6.92 Å². The van der Waals surface area contributed by atoms with Crippen LogP contribution in [0.4, 0.5) is 0 Å². The molecule has 86 valence electrons. The monoisotopic (exact) mass is 211 g/mol. The number of nitrogens with two attached hydrogens (primary N) is 1. The first-order valence-corrected chi connectivity index (χ1v) is 5.85. The van der Waals surface area contributed by atoms with Crippen molar-refractivity contribution in [2.24, 2.45) is 5.73 Å². The van der Waals surface area contributed by atoms with E-state index in [0.717, 1.165) is 19.1 Å². The highest BCUT2D eigenvalue weighted by Crippen LogP contribution is 2.28. The lowest BCUT2D eigenvalue weighted by molar-refractivity contribution is -0.122. The van der Waals surface area contributed by atoms with Gasteiger partial charge in [-0.3, -0.25) is 14.6 Å². The second-order valence-corrected chi connectivity index (χ2v) is 4.91. The highest BCUT2D eigenvalue weighted by Gasteiger charge is 2.36. The molecule has 2 bridgehead atoms. The SMILES string of the molecule is CC(C(N)=O)N1CCC2CCC(C1)N2C. The molecule has 0 aromatic rings. The number of primary amides is 1. The predicted molar refractivity (Wildman–Crippen MR) is 59.4 cm³/mol. The summed E-state index contributed by atoms with van der Waals surface area (Å²) in [5.41, 5.74) is 5.36. The Morgan fingerprint density at radius 2 is 2.00 bits per heavy atom. The van der Waals surface area contributed by atoms with Crippen LogP contribution in [0.5, 0.6) is 0 Å². The number of likely N-dealkylation sites (tertiary alicyclic amines) is 1. The second-order valence-electron chi connectivity index (χ2n) is 4.91. The maximum atomic E-state index is 11.2. The maximum absolute atomic E-state index is 11.2. The lowest BCUT2D eigenvalue weighted by Gasteiger charge is -2.29. The van der Waals surface area contributed by atoms with Crippen molar-refractivity contribution >= 4 is 5.91 Å². The quantitative estimate of drug-likeness (QED) is 0.701. The van der Waals surface area contributed by atoms with Crippen LogP contribution >= 0.6 is 0 Å². The van der Waals surface area contributed by atoms with Gasteiger partial charge in [-0.2, -0.15) is 0 Å². The van der Waals surface area contributed by atoms with Crippen molar-refractivity contribution in [1.82, 2.24) is 9.80 Å². The first kappa shape index (κ1) is 10.9. The minimum absolute atomic E-state index is 0.113. The molecule has 0 radical (unpaired) electrons. The average molecular weight is 211 g/mol. The third kappa shape index (κ3) is 2.01. The van der Waals surface area contributed by atoms with E-state index in [9.17, 15) is 4.79 Å². The molecular weight excluding hydrogens is 190 g/mol. The van der Waals surface area contributed by atoms with E-state index in [0.29, 0.717) is 6.04 Å². The molecule has 2 aliphatic heterocycles. The molecule has 2 fully saturated rings. The van der Waals surface area contributed by atoms with Gasteiger partial charge in [-0.05, 0) is 33.2 Å². The van der Waals surface area contributed by atoms with Gasteiger partial charge in [-0.1, -0.05) is 0 Å². The third-order valence-corrected chi connectivity index (χ3v) is 4.14. The van der Waals surface area contributed by atoms with Crippen LogP contribution in [0.25, 0.3) is 0 Å². The van der Waals surface area contributed by atoms with Gasteiger partial charge in [0.25, 0.3) is 0 Å². The van der Waals surface area contributed by atoms with Crippen molar-refractivity contribution in [3.63, 3.8) is 0 Å². The van der Waals surface area contributed by atoms with E-state index in [1.54, 1.807) is 0 Å². The molecule has 1 amide bonds. The molecule has 0 aromatic carbocycles. The predicted octanol–water partition coefficient (Wildman–Crippen LogP) is 0.0287. The van der Waals surface area contributed by atoms with Crippen molar-refractivity contribution < 1.29 is 4.79 Å². The van der Waals surface area contributed by atoms with Crippen LogP contribution in [0.3, 0.4) is 0 Å². The van der Waals surface area contributed by atoms with Crippen LogP contribution in [0, 0.1) is 0 Å². The molecule has 15 heavy (non-hydrogen) atoms. The summed E-state index contributed by atoms with van der Waals surface area (Å²) in [6.07, 6.45) is 3.76. The average Bonchev–Trinajstić information content (AvgIpc) is 2.40. The molecule has 3 unspecified atom stereocenters. The number of hydrogen-bond acceptors (Lipinski definition) is 3. The number of amides is 1. The molecule has 0 aliphatic carbocycles. The summed E-state index contributed by atoms with van der Waals surface area (Å²) in [7, 11) is 2.21. The van der Waals surface area contributed by atoms with Crippen molar-refractivity contribution in [2.45, 2.75) is 44.3 Å². The van der Waals surface area contributed by atoms with Crippen LogP contribution < -0.4 is 5.73 Å². The highest BCUT2D eigenvalue weighted by atomic mass is 16.1. The number of carbonyl (C=O) groups is 1. The summed E-state index contributed by atoms with van der Waals surface area (Å²) >= 11 is 0. The Balaban J connectivity index is 2.03. The van der Waals surface area contributed by atoms with Gasteiger partial charge >= 0.3 is 0 Å². The van der Waals surface area contributed by atoms with E-state index in [2.05, 4.69) is 16.8 Å². The number of likely N-dealkylation sites (N-methyl/N-ethyl adjacent to an activating group) is 1. The van der Waals surface area contributed by atoms with Crippen LogP contribution in [-0.2, 0) is 4.79 Å². The Morgan fingerprint density at radius 3 is 2.67 bits per heavy atom. The van der Waals surface area contributed by atoms with E-state index in [1.165, 1.54) is 19.3 Å². The zero-order chi connectivity index (χ0) is 11.0. The minimum Gasteiger partial charge on any atom is -0.368 e. The van der Waals surface area contributed by atoms with E-state index >= 15 is 0 Å². The number of rotatable bonds is 2. The lowest BCUT2D eigenvalue weighted by Crippen LogP contribution is -2.46. The van der Waals surface area contributed by atoms with E-state index < -0.39 is 0 Å². The Bertz CT molecular complexity index is 256. The van der Waals surface area contributed by atoms with Crippen LogP contribution in [0.15, 0.2) is 0 Å². The van der Waals surface area contributed by atoms with Crippen molar-refractivity contribution in [2.75, 3.05) is 20.1 Å². The molecule has 0 aromatic heterocycles. The summed E-state index contributed by atoms with van der Waals surface area (Å²) in [4.78, 5) is 15.9. The van der Waals surface area contributed by atoms with Gasteiger partial charge in [0.05, 0.1) is 6.04 Å². The lowest BCUT2D eigenvalue weighted by atomic mass is 10.1. The fraction of sp³-hybridized carbons (Fsp3) is 0.909. The molecule has 2 rings (SSSR count). The number of hydrogen-bond donors (Lipinski definition) is 1. The Hall–Kier alpha value is -0.610. The topological polar surface area (TPSA) is 49.6 Å². The molecule has 0 spiro atoms. The summed E-state index contributed by atoms with van der Waals surface area (Å²) in [5.74, 6) is -0.199. The molecule has 3 atom stereocenters. The maximum Gasteiger partial charge on any atom is 0.234 e. The van der Waals surface area contributed by atoms with Gasteiger partial charge in [0, 0.05) is 25.2 Å². The molecule has 2 heterocycles. The Labute approximate surface area is 91.4 Å². The van der Waals surface area contributed by atoms with Gasteiger partial charge in [-0.25, -0.2) is 0 Å². The summed E-state index contributed by atoms with van der Waals surface area (Å²) in [6.45, 7) is 3.92. The largest absolute Gasteiger partial charge is 0.368 e. The molecule has 0 saturated carbocycles. The highest BCUT2D eigenvalue weighted by molar-refractivity contribution is 5.79. The summed E-state index contributed by atoms with van der Waals surface area (Å²) < 4.78 is 0. The molecule has 2 N–H and O–H groups in total. The van der Waals surface area contributed by atoms with E-state index in [4.69, 9.17) is 5.73 Å². The second kappa shape index (κ2) is 4.10. The van der Waals surface area contributed by atoms with Crippen LogP contribution in [0.2, 0.25) is 0 Å². The van der Waals surface area contributed by atoms with Gasteiger partial charge in [0.2, 0.25) is 5.91 Å². The third-order valence-electron chi connectivity index (χ3n) is 4.14. The van der Waals surface area contributed by atoms with Gasteiger partial charge in [-0.15, -0.1) is 0 Å². The van der Waals surface area contributed by atoms with Gasteiger partial charge < -0.3 is 5.73 Å². The fourth-order valence-corrected chi connectivity index (χ4v) is 2.87.